The number of nitrogens with zero attached hydrogens (tertiary/aromatic N) is 1. The van der Waals surface area contributed by atoms with Gasteiger partial charge in [-0.25, -0.2) is 0 Å². The quantitative estimate of drug-likeness (QED) is 0.683. The van der Waals surface area contributed by atoms with E-state index in [1.54, 1.807) is 4.31 Å². The van der Waals surface area contributed by atoms with E-state index in [2.05, 4.69) is 17.0 Å². The molecular formula is C14H31N3O2S. The van der Waals surface area contributed by atoms with Crippen LogP contribution in [0, 0.1) is 0 Å². The van der Waals surface area contributed by atoms with Crippen LogP contribution < -0.4 is 10.0 Å². The van der Waals surface area contributed by atoms with Gasteiger partial charge in [0.2, 0.25) is 0 Å². The summed E-state index contributed by atoms with van der Waals surface area (Å²) in [5.74, 6) is 0. The van der Waals surface area contributed by atoms with Crippen LogP contribution in [0.3, 0.4) is 0 Å². The third-order valence-electron chi connectivity index (χ3n) is 3.96. The molecule has 20 heavy (non-hydrogen) atoms. The van der Waals surface area contributed by atoms with Gasteiger partial charge in [-0.3, -0.25) is 0 Å². The molecule has 0 aliphatic carbocycles. The summed E-state index contributed by atoms with van der Waals surface area (Å²) < 4.78 is 29.7. The molecule has 0 radical (unpaired) electrons. The van der Waals surface area contributed by atoms with E-state index in [1.165, 1.54) is 0 Å². The number of likely N-dealkylation sites (N-methyl/N-ethyl adjacent to an activating group) is 1. The molecule has 1 aliphatic heterocycles. The zero-order valence-corrected chi connectivity index (χ0v) is 14.0. The highest BCUT2D eigenvalue weighted by Gasteiger charge is 2.32. The molecule has 6 heteroatoms. The normalized spacial score (nSPS) is 22.9. The van der Waals surface area contributed by atoms with Crippen molar-refractivity contribution in [2.75, 3.05) is 19.6 Å². The number of rotatable bonds is 9. The highest BCUT2D eigenvalue weighted by molar-refractivity contribution is 7.87. The van der Waals surface area contributed by atoms with Crippen LogP contribution in [0.25, 0.3) is 0 Å². The third-order valence-corrected chi connectivity index (χ3v) is 5.69. The van der Waals surface area contributed by atoms with Crippen molar-refractivity contribution in [3.05, 3.63) is 0 Å². The summed E-state index contributed by atoms with van der Waals surface area (Å²) in [5, 5.41) is 3.28. The molecule has 1 heterocycles. The molecule has 2 N–H and O–H groups in total. The first kappa shape index (κ1) is 17.9. The molecule has 0 aromatic carbocycles. The number of hydrogen-bond donors (Lipinski definition) is 2. The average molecular weight is 305 g/mol. The van der Waals surface area contributed by atoms with Gasteiger partial charge < -0.3 is 5.32 Å². The van der Waals surface area contributed by atoms with Crippen LogP contribution in [-0.4, -0.2) is 44.4 Å². The first-order valence-corrected chi connectivity index (χ1v) is 9.48. The van der Waals surface area contributed by atoms with Crippen molar-refractivity contribution >= 4 is 10.2 Å². The van der Waals surface area contributed by atoms with Crippen molar-refractivity contribution in [2.24, 2.45) is 0 Å². The van der Waals surface area contributed by atoms with Gasteiger partial charge in [0.1, 0.15) is 0 Å². The molecule has 0 bridgehead atoms. The van der Waals surface area contributed by atoms with Gasteiger partial charge in [0, 0.05) is 25.2 Å². The lowest BCUT2D eigenvalue weighted by Gasteiger charge is -2.35. The summed E-state index contributed by atoms with van der Waals surface area (Å²) >= 11 is 0. The number of hydrogen-bond acceptors (Lipinski definition) is 3. The van der Waals surface area contributed by atoms with Crippen molar-refractivity contribution in [1.82, 2.24) is 14.3 Å². The van der Waals surface area contributed by atoms with Crippen molar-refractivity contribution in [1.29, 1.82) is 0 Å². The molecule has 0 spiro atoms. The maximum atomic E-state index is 12.6. The Hall–Kier alpha value is -0.170. The Morgan fingerprint density at radius 1 is 1.25 bits per heavy atom. The van der Waals surface area contributed by atoms with E-state index in [-0.39, 0.29) is 12.1 Å². The highest BCUT2D eigenvalue weighted by Crippen LogP contribution is 2.20. The Bertz CT molecular complexity index is 359. The van der Waals surface area contributed by atoms with E-state index in [0.717, 1.165) is 51.6 Å². The van der Waals surface area contributed by atoms with Crippen LogP contribution in [-0.2, 0) is 10.2 Å². The van der Waals surface area contributed by atoms with Crippen molar-refractivity contribution in [3.63, 3.8) is 0 Å². The molecule has 0 aromatic heterocycles. The van der Waals surface area contributed by atoms with E-state index < -0.39 is 10.2 Å². The zero-order valence-electron chi connectivity index (χ0n) is 13.2. The van der Waals surface area contributed by atoms with Gasteiger partial charge in [-0.1, -0.05) is 33.6 Å². The van der Waals surface area contributed by atoms with E-state index in [1.807, 2.05) is 13.8 Å². The molecular weight excluding hydrogens is 274 g/mol. The summed E-state index contributed by atoms with van der Waals surface area (Å²) in [6.07, 6.45) is 5.79. The Kier molecular flexibility index (Phi) is 8.02. The molecule has 0 amide bonds. The topological polar surface area (TPSA) is 61.4 Å². The molecule has 2 atom stereocenters. The van der Waals surface area contributed by atoms with Crippen LogP contribution in [0.1, 0.15) is 59.3 Å². The second-order valence-electron chi connectivity index (χ2n) is 5.58. The summed E-state index contributed by atoms with van der Waals surface area (Å²) in [6, 6.07) is 0.159. The predicted molar refractivity (Wildman–Crippen MR) is 83.9 cm³/mol. The minimum absolute atomic E-state index is 0.0618. The van der Waals surface area contributed by atoms with Crippen LogP contribution >= 0.6 is 0 Å². The highest BCUT2D eigenvalue weighted by atomic mass is 32.2. The van der Waals surface area contributed by atoms with Crippen molar-refractivity contribution < 1.29 is 8.42 Å². The summed E-state index contributed by atoms with van der Waals surface area (Å²) in [4.78, 5) is 0. The lowest BCUT2D eigenvalue weighted by molar-refractivity contribution is 0.242. The lowest BCUT2D eigenvalue weighted by Crippen LogP contribution is -2.54. The molecule has 1 fully saturated rings. The minimum atomic E-state index is -3.35. The molecule has 120 valence electrons. The molecule has 1 saturated heterocycles. The van der Waals surface area contributed by atoms with Crippen LogP contribution in [0.15, 0.2) is 0 Å². The van der Waals surface area contributed by atoms with E-state index in [0.29, 0.717) is 6.54 Å². The monoisotopic (exact) mass is 305 g/mol. The van der Waals surface area contributed by atoms with Gasteiger partial charge in [-0.15, -0.1) is 0 Å². The van der Waals surface area contributed by atoms with Gasteiger partial charge in [0.15, 0.2) is 0 Å². The van der Waals surface area contributed by atoms with E-state index >= 15 is 0 Å². The molecule has 1 aliphatic rings. The van der Waals surface area contributed by atoms with Crippen LogP contribution in [0.4, 0.5) is 0 Å². The zero-order chi connectivity index (χ0) is 15.0. The maximum Gasteiger partial charge on any atom is 0.279 e. The van der Waals surface area contributed by atoms with Gasteiger partial charge in [-0.2, -0.15) is 17.4 Å². The average Bonchev–Trinajstić information content (AvgIpc) is 2.44. The third kappa shape index (κ3) is 5.31. The fraction of sp³-hybridized carbons (Fsp3) is 1.00. The number of piperidine rings is 1. The SMILES string of the molecule is CCCC(CC)NS(=O)(=O)N1CCCCC1CNCC. The summed E-state index contributed by atoms with van der Waals surface area (Å²) in [5.41, 5.74) is 0. The second-order valence-corrected chi connectivity index (χ2v) is 7.24. The second kappa shape index (κ2) is 8.97. The summed E-state index contributed by atoms with van der Waals surface area (Å²) in [7, 11) is -3.35. The van der Waals surface area contributed by atoms with Gasteiger partial charge in [-0.05, 0) is 32.2 Å². The standard InChI is InChI=1S/C14H31N3O2S/c1-4-9-13(5-2)16-20(18,19)17-11-8-7-10-14(17)12-15-6-3/h13-16H,4-12H2,1-3H3. The molecule has 2 unspecified atom stereocenters. The van der Waals surface area contributed by atoms with E-state index in [9.17, 15) is 8.42 Å². The maximum absolute atomic E-state index is 12.6. The Morgan fingerprint density at radius 2 is 2.00 bits per heavy atom. The molecule has 1 rings (SSSR count). The Morgan fingerprint density at radius 3 is 2.60 bits per heavy atom. The molecule has 0 saturated carbocycles. The van der Waals surface area contributed by atoms with Crippen molar-refractivity contribution in [3.8, 4) is 0 Å². The number of nitrogens with one attached hydrogen (secondary N) is 2. The molecule has 0 aromatic rings. The van der Waals surface area contributed by atoms with Crippen molar-refractivity contribution in [2.45, 2.75) is 71.4 Å². The smallest absolute Gasteiger partial charge is 0.279 e. The summed E-state index contributed by atoms with van der Waals surface area (Å²) in [6.45, 7) is 8.45. The lowest BCUT2D eigenvalue weighted by atomic mass is 10.1. The van der Waals surface area contributed by atoms with Crippen LogP contribution in [0.5, 0.6) is 0 Å². The fourth-order valence-electron chi connectivity index (χ4n) is 2.78. The molecule has 5 nitrogen and oxygen atoms in total. The Labute approximate surface area is 124 Å². The predicted octanol–water partition coefficient (Wildman–Crippen LogP) is 1.86. The van der Waals surface area contributed by atoms with Crippen LogP contribution in [0.2, 0.25) is 0 Å². The van der Waals surface area contributed by atoms with Gasteiger partial charge >= 0.3 is 0 Å². The first-order chi connectivity index (χ1) is 9.55. The first-order valence-electron chi connectivity index (χ1n) is 8.04. The largest absolute Gasteiger partial charge is 0.315 e. The van der Waals surface area contributed by atoms with E-state index in [4.69, 9.17) is 0 Å². The Balaban J connectivity index is 2.70. The fourth-order valence-corrected chi connectivity index (χ4v) is 4.56. The van der Waals surface area contributed by atoms with Gasteiger partial charge in [0.05, 0.1) is 0 Å². The minimum Gasteiger partial charge on any atom is -0.315 e. The van der Waals surface area contributed by atoms with Gasteiger partial charge in [0.25, 0.3) is 10.2 Å².